The Kier molecular flexibility index (Phi) is 3.71. The molecule has 11 heavy (non-hydrogen) atoms. The van der Waals surface area contributed by atoms with E-state index in [-0.39, 0.29) is 13.2 Å². The number of aliphatic hydroxyl groups excluding tert-OH is 1. The van der Waals surface area contributed by atoms with E-state index >= 15 is 0 Å². The topological polar surface area (TPSA) is 66.8 Å². The molecule has 0 saturated heterocycles. The van der Waals surface area contributed by atoms with Crippen LogP contribution < -0.4 is 0 Å². The third-order valence-electron chi connectivity index (χ3n) is 1.21. The lowest BCUT2D eigenvalue weighted by molar-refractivity contribution is 0.175. The van der Waals surface area contributed by atoms with Crippen molar-refractivity contribution in [3.05, 3.63) is 0 Å². The van der Waals surface area contributed by atoms with Crippen LogP contribution in [0.4, 0.5) is 0 Å². The highest BCUT2D eigenvalue weighted by Gasteiger charge is 2.35. The molecule has 1 atom stereocenters. The molecule has 0 spiro atoms. The van der Waals surface area contributed by atoms with Gasteiger partial charge in [-0.3, -0.25) is 4.57 Å². The standard InChI is InChI=1S/C6H15O4P/c1-6(2,3)11(8,9)10-5-4-7/h7H,4-5H2,1-3H3,(H,8,9). The van der Waals surface area contributed by atoms with Gasteiger partial charge in [-0.05, 0) is 20.8 Å². The highest BCUT2D eigenvalue weighted by Crippen LogP contribution is 2.54. The summed E-state index contributed by atoms with van der Waals surface area (Å²) in [6, 6.07) is 0. The van der Waals surface area contributed by atoms with Gasteiger partial charge in [-0.15, -0.1) is 0 Å². The molecule has 0 aliphatic carbocycles. The lowest BCUT2D eigenvalue weighted by Gasteiger charge is -2.24. The Morgan fingerprint density at radius 1 is 1.45 bits per heavy atom. The maximum atomic E-state index is 11.2. The normalized spacial score (nSPS) is 17.9. The van der Waals surface area contributed by atoms with Crippen LogP contribution in [0.2, 0.25) is 0 Å². The molecule has 4 nitrogen and oxygen atoms in total. The van der Waals surface area contributed by atoms with E-state index in [0.29, 0.717) is 0 Å². The number of aliphatic hydroxyl groups is 1. The molecule has 0 fully saturated rings. The summed E-state index contributed by atoms with van der Waals surface area (Å²) in [5.74, 6) is 0. The fourth-order valence-electron chi connectivity index (χ4n) is 0.358. The van der Waals surface area contributed by atoms with Gasteiger partial charge in [-0.1, -0.05) is 0 Å². The van der Waals surface area contributed by atoms with Gasteiger partial charge in [0.05, 0.1) is 18.4 Å². The number of hydrogen-bond donors (Lipinski definition) is 2. The van der Waals surface area contributed by atoms with Gasteiger partial charge in [0.1, 0.15) is 0 Å². The van der Waals surface area contributed by atoms with Crippen LogP contribution in [0.3, 0.4) is 0 Å². The quantitative estimate of drug-likeness (QED) is 0.638. The van der Waals surface area contributed by atoms with Gasteiger partial charge in [-0.2, -0.15) is 0 Å². The SMILES string of the molecule is CC(C)(C)P(=O)(O)OCCO. The average Bonchev–Trinajstić information content (AvgIpc) is 1.81. The van der Waals surface area contributed by atoms with E-state index in [1.54, 1.807) is 20.8 Å². The predicted octanol–water partition coefficient (Wildman–Crippen LogP) is 0.979. The molecule has 0 aromatic rings. The summed E-state index contributed by atoms with van der Waals surface area (Å²) in [4.78, 5) is 9.20. The maximum absolute atomic E-state index is 11.2. The number of rotatable bonds is 3. The molecular formula is C6H15O4P. The first kappa shape index (κ1) is 11.1. The van der Waals surface area contributed by atoms with Crippen LogP contribution in [0.5, 0.6) is 0 Å². The van der Waals surface area contributed by atoms with Crippen molar-refractivity contribution in [1.82, 2.24) is 0 Å². The van der Waals surface area contributed by atoms with Crippen LogP contribution in [0.25, 0.3) is 0 Å². The van der Waals surface area contributed by atoms with Crippen molar-refractivity contribution >= 4 is 7.60 Å². The maximum Gasteiger partial charge on any atom is 0.333 e. The zero-order valence-electron chi connectivity index (χ0n) is 7.07. The fraction of sp³-hybridized carbons (Fsp3) is 1.00. The highest BCUT2D eigenvalue weighted by atomic mass is 31.2. The van der Waals surface area contributed by atoms with Crippen molar-refractivity contribution in [3.8, 4) is 0 Å². The molecular weight excluding hydrogens is 167 g/mol. The minimum Gasteiger partial charge on any atom is -0.394 e. The second-order valence-corrected chi connectivity index (χ2v) is 5.89. The molecule has 0 saturated carbocycles. The monoisotopic (exact) mass is 182 g/mol. The molecule has 0 aromatic heterocycles. The molecule has 2 N–H and O–H groups in total. The summed E-state index contributed by atoms with van der Waals surface area (Å²) in [5, 5.41) is 7.56. The first-order valence-corrected chi connectivity index (χ1v) is 4.97. The van der Waals surface area contributed by atoms with Crippen LogP contribution in [-0.4, -0.2) is 28.4 Å². The van der Waals surface area contributed by atoms with Gasteiger partial charge in [-0.25, -0.2) is 0 Å². The smallest absolute Gasteiger partial charge is 0.333 e. The largest absolute Gasteiger partial charge is 0.394 e. The Morgan fingerprint density at radius 2 is 1.91 bits per heavy atom. The third kappa shape index (κ3) is 3.34. The van der Waals surface area contributed by atoms with Crippen molar-refractivity contribution in [2.75, 3.05) is 13.2 Å². The van der Waals surface area contributed by atoms with E-state index < -0.39 is 12.8 Å². The average molecular weight is 182 g/mol. The first-order valence-electron chi connectivity index (χ1n) is 3.39. The van der Waals surface area contributed by atoms with Gasteiger partial charge >= 0.3 is 7.60 Å². The summed E-state index contributed by atoms with van der Waals surface area (Å²) in [6.45, 7) is 4.52. The summed E-state index contributed by atoms with van der Waals surface area (Å²) in [7, 11) is -3.55. The van der Waals surface area contributed by atoms with E-state index in [2.05, 4.69) is 4.52 Å². The molecule has 0 heterocycles. The molecule has 0 aliphatic rings. The van der Waals surface area contributed by atoms with E-state index in [9.17, 15) is 9.46 Å². The molecule has 0 aromatic carbocycles. The molecule has 0 aliphatic heterocycles. The predicted molar refractivity (Wildman–Crippen MR) is 42.6 cm³/mol. The second kappa shape index (κ2) is 3.68. The lowest BCUT2D eigenvalue weighted by Crippen LogP contribution is -2.17. The first-order chi connectivity index (χ1) is 4.81. The molecule has 0 radical (unpaired) electrons. The Morgan fingerprint density at radius 3 is 2.18 bits per heavy atom. The zero-order chi connectivity index (χ0) is 9.12. The van der Waals surface area contributed by atoms with E-state index in [1.165, 1.54) is 0 Å². The molecule has 0 amide bonds. The minimum atomic E-state index is -3.55. The molecule has 5 heteroatoms. The Balaban J connectivity index is 4.12. The second-order valence-electron chi connectivity index (χ2n) is 3.25. The van der Waals surface area contributed by atoms with Crippen LogP contribution in [-0.2, 0) is 9.09 Å². The summed E-state index contributed by atoms with van der Waals surface area (Å²) in [6.07, 6.45) is 0. The van der Waals surface area contributed by atoms with E-state index in [0.717, 1.165) is 0 Å². The van der Waals surface area contributed by atoms with E-state index in [4.69, 9.17) is 5.11 Å². The third-order valence-corrected chi connectivity index (χ3v) is 3.43. The van der Waals surface area contributed by atoms with Gasteiger partial charge in [0, 0.05) is 0 Å². The van der Waals surface area contributed by atoms with E-state index in [1.807, 2.05) is 0 Å². The lowest BCUT2D eigenvalue weighted by atomic mass is 10.3. The Bertz CT molecular complexity index is 160. The summed E-state index contributed by atoms with van der Waals surface area (Å²) >= 11 is 0. The van der Waals surface area contributed by atoms with Gasteiger partial charge < -0.3 is 14.5 Å². The van der Waals surface area contributed by atoms with Crippen molar-refractivity contribution in [1.29, 1.82) is 0 Å². The fourth-order valence-corrected chi connectivity index (χ4v) is 1.07. The van der Waals surface area contributed by atoms with Crippen LogP contribution in [0, 0.1) is 0 Å². The Hall–Kier alpha value is 0.110. The van der Waals surface area contributed by atoms with Crippen LogP contribution in [0.15, 0.2) is 0 Å². The number of hydrogen-bond acceptors (Lipinski definition) is 3. The Labute approximate surface area is 66.7 Å². The van der Waals surface area contributed by atoms with Gasteiger partial charge in [0.2, 0.25) is 0 Å². The van der Waals surface area contributed by atoms with Crippen molar-refractivity contribution in [3.63, 3.8) is 0 Å². The molecule has 0 bridgehead atoms. The summed E-state index contributed by atoms with van der Waals surface area (Å²) < 4.78 is 15.8. The van der Waals surface area contributed by atoms with Crippen molar-refractivity contribution in [2.24, 2.45) is 0 Å². The summed E-state index contributed by atoms with van der Waals surface area (Å²) in [5.41, 5.74) is 0. The van der Waals surface area contributed by atoms with Crippen LogP contribution >= 0.6 is 7.60 Å². The molecule has 1 unspecified atom stereocenters. The zero-order valence-corrected chi connectivity index (χ0v) is 7.97. The van der Waals surface area contributed by atoms with Crippen molar-refractivity contribution < 1.29 is 19.1 Å². The van der Waals surface area contributed by atoms with Crippen molar-refractivity contribution in [2.45, 2.75) is 25.9 Å². The molecule has 68 valence electrons. The van der Waals surface area contributed by atoms with Gasteiger partial charge in [0.15, 0.2) is 0 Å². The van der Waals surface area contributed by atoms with Gasteiger partial charge in [0.25, 0.3) is 0 Å². The van der Waals surface area contributed by atoms with Crippen LogP contribution in [0.1, 0.15) is 20.8 Å². The highest BCUT2D eigenvalue weighted by molar-refractivity contribution is 7.54. The molecule has 0 rings (SSSR count). The minimum absolute atomic E-state index is 0.0922.